The van der Waals surface area contributed by atoms with E-state index >= 15 is 0 Å². The fraction of sp³-hybridized carbons (Fsp3) is 0.533. The van der Waals surface area contributed by atoms with Crippen LogP contribution in [0.15, 0.2) is 18.2 Å². The van der Waals surface area contributed by atoms with Crippen LogP contribution in [0.5, 0.6) is 0 Å². The summed E-state index contributed by atoms with van der Waals surface area (Å²) >= 11 is 0. The van der Waals surface area contributed by atoms with Gasteiger partial charge in [-0.1, -0.05) is 20.8 Å². The van der Waals surface area contributed by atoms with E-state index in [1.54, 1.807) is 12.1 Å². The highest BCUT2D eigenvalue weighted by Crippen LogP contribution is 2.30. The quantitative estimate of drug-likeness (QED) is 0.479. The predicted octanol–water partition coefficient (Wildman–Crippen LogP) is 3.67. The molecule has 0 N–H and O–H groups in total. The van der Waals surface area contributed by atoms with E-state index in [0.29, 0.717) is 0 Å². The van der Waals surface area contributed by atoms with Crippen LogP contribution in [0.1, 0.15) is 45.0 Å². The van der Waals surface area contributed by atoms with Crippen molar-refractivity contribution in [2.75, 3.05) is 11.9 Å². The molecule has 0 fully saturated rings. The molecule has 0 aliphatic rings. The van der Waals surface area contributed by atoms with Crippen LogP contribution in [0.3, 0.4) is 0 Å². The fourth-order valence-corrected chi connectivity index (χ4v) is 1.99. The minimum Gasteiger partial charge on any atom is -0.371 e. The zero-order chi connectivity index (χ0) is 15.7. The molecule has 0 saturated heterocycles. The van der Waals surface area contributed by atoms with E-state index in [-0.39, 0.29) is 28.5 Å². The molecule has 1 unspecified atom stereocenters. The minimum absolute atomic E-state index is 0.0624. The average Bonchev–Trinajstić information content (AvgIpc) is 2.34. The molecule has 0 aliphatic heterocycles. The molecule has 1 aromatic carbocycles. The van der Waals surface area contributed by atoms with E-state index in [1.807, 2.05) is 11.9 Å². The van der Waals surface area contributed by atoms with Gasteiger partial charge in [-0.2, -0.15) is 0 Å². The number of nitro benzene ring substituents is 1. The molecule has 1 rings (SSSR count). The number of benzene rings is 1. The third kappa shape index (κ3) is 3.35. The lowest BCUT2D eigenvalue weighted by Gasteiger charge is -2.37. The van der Waals surface area contributed by atoms with Gasteiger partial charge in [0.15, 0.2) is 5.78 Å². The zero-order valence-corrected chi connectivity index (χ0v) is 12.9. The summed E-state index contributed by atoms with van der Waals surface area (Å²) in [6, 6.07) is 4.91. The van der Waals surface area contributed by atoms with Crippen molar-refractivity contribution in [1.82, 2.24) is 0 Å². The van der Waals surface area contributed by atoms with E-state index in [4.69, 9.17) is 0 Å². The SMILES string of the molecule is CC(=O)c1cc(N(C)C(C)C(C)(C)C)ccc1[N+](=O)[O-]. The van der Waals surface area contributed by atoms with Gasteiger partial charge < -0.3 is 4.90 Å². The molecule has 1 atom stereocenters. The van der Waals surface area contributed by atoms with Gasteiger partial charge in [0.2, 0.25) is 0 Å². The summed E-state index contributed by atoms with van der Waals surface area (Å²) in [6.07, 6.45) is 0. The number of carbonyl (C=O) groups excluding carboxylic acids is 1. The minimum atomic E-state index is -0.520. The second-order valence-corrected chi connectivity index (χ2v) is 6.17. The van der Waals surface area contributed by atoms with Gasteiger partial charge in [-0.3, -0.25) is 14.9 Å². The third-order valence-corrected chi connectivity index (χ3v) is 3.80. The van der Waals surface area contributed by atoms with Crippen LogP contribution in [0.4, 0.5) is 11.4 Å². The molecule has 5 nitrogen and oxygen atoms in total. The highest BCUT2D eigenvalue weighted by Gasteiger charge is 2.26. The van der Waals surface area contributed by atoms with Gasteiger partial charge in [0.25, 0.3) is 5.69 Å². The molecule has 5 heteroatoms. The first-order valence-electron chi connectivity index (χ1n) is 6.58. The lowest BCUT2D eigenvalue weighted by atomic mass is 9.87. The van der Waals surface area contributed by atoms with Crippen molar-refractivity contribution >= 4 is 17.2 Å². The second kappa shape index (κ2) is 5.61. The Morgan fingerprint density at radius 2 is 1.90 bits per heavy atom. The van der Waals surface area contributed by atoms with Crippen LogP contribution >= 0.6 is 0 Å². The summed E-state index contributed by atoms with van der Waals surface area (Å²) in [7, 11) is 1.93. The molecular weight excluding hydrogens is 256 g/mol. The van der Waals surface area contributed by atoms with Crippen LogP contribution in [-0.4, -0.2) is 23.8 Å². The highest BCUT2D eigenvalue weighted by molar-refractivity contribution is 5.99. The first-order chi connectivity index (χ1) is 9.05. The molecule has 0 spiro atoms. The maximum Gasteiger partial charge on any atom is 0.280 e. The van der Waals surface area contributed by atoms with E-state index in [0.717, 1.165) is 5.69 Å². The van der Waals surface area contributed by atoms with Crippen LogP contribution in [0.2, 0.25) is 0 Å². The first-order valence-corrected chi connectivity index (χ1v) is 6.58. The average molecular weight is 278 g/mol. The van der Waals surface area contributed by atoms with Gasteiger partial charge in [0.1, 0.15) is 0 Å². The van der Waals surface area contributed by atoms with Crippen molar-refractivity contribution in [3.05, 3.63) is 33.9 Å². The second-order valence-electron chi connectivity index (χ2n) is 6.17. The predicted molar refractivity (Wildman–Crippen MR) is 80.4 cm³/mol. The molecule has 0 amide bonds. The number of carbonyl (C=O) groups is 1. The summed E-state index contributed by atoms with van der Waals surface area (Å²) in [5.74, 6) is -0.296. The van der Waals surface area contributed by atoms with Gasteiger partial charge in [-0.05, 0) is 31.4 Å². The summed E-state index contributed by atoms with van der Waals surface area (Å²) < 4.78 is 0. The monoisotopic (exact) mass is 278 g/mol. The van der Waals surface area contributed by atoms with E-state index in [1.165, 1.54) is 13.0 Å². The third-order valence-electron chi connectivity index (χ3n) is 3.80. The number of rotatable bonds is 4. The maximum atomic E-state index is 11.6. The van der Waals surface area contributed by atoms with Crippen LogP contribution in [-0.2, 0) is 0 Å². The van der Waals surface area contributed by atoms with Crippen molar-refractivity contribution in [2.24, 2.45) is 5.41 Å². The molecule has 0 radical (unpaired) electrons. The number of nitrogens with zero attached hydrogens (tertiary/aromatic N) is 2. The van der Waals surface area contributed by atoms with Crippen molar-refractivity contribution < 1.29 is 9.72 Å². The Morgan fingerprint density at radius 1 is 1.35 bits per heavy atom. The van der Waals surface area contributed by atoms with Crippen molar-refractivity contribution in [1.29, 1.82) is 0 Å². The molecule has 0 aliphatic carbocycles. The number of hydrogen-bond acceptors (Lipinski definition) is 4. The normalized spacial score (nSPS) is 12.9. The van der Waals surface area contributed by atoms with Crippen LogP contribution < -0.4 is 4.90 Å². The molecule has 110 valence electrons. The Bertz CT molecular complexity index is 532. The smallest absolute Gasteiger partial charge is 0.280 e. The molecular formula is C15H22N2O3. The number of hydrogen-bond donors (Lipinski definition) is 0. The van der Waals surface area contributed by atoms with Gasteiger partial charge in [0.05, 0.1) is 10.5 Å². The van der Waals surface area contributed by atoms with E-state index < -0.39 is 4.92 Å². The molecule has 1 aromatic rings. The Hall–Kier alpha value is -1.91. The molecule has 0 aromatic heterocycles. The standard InChI is InChI=1S/C15H22N2O3/c1-10(18)13-9-12(7-8-14(13)17(19)20)16(6)11(2)15(3,4)5/h7-9,11H,1-6H3. The largest absolute Gasteiger partial charge is 0.371 e. The maximum absolute atomic E-state index is 11.6. The topological polar surface area (TPSA) is 63.5 Å². The zero-order valence-electron chi connectivity index (χ0n) is 12.9. The molecule has 0 bridgehead atoms. The van der Waals surface area contributed by atoms with Gasteiger partial charge in [0, 0.05) is 24.8 Å². The Morgan fingerprint density at radius 3 is 2.30 bits per heavy atom. The lowest BCUT2D eigenvalue weighted by Crippen LogP contribution is -2.39. The van der Waals surface area contributed by atoms with Gasteiger partial charge in [-0.25, -0.2) is 0 Å². The summed E-state index contributed by atoms with van der Waals surface area (Å²) in [6.45, 7) is 9.83. The van der Waals surface area contributed by atoms with Crippen molar-refractivity contribution in [3.8, 4) is 0 Å². The van der Waals surface area contributed by atoms with E-state index in [2.05, 4.69) is 27.7 Å². The first kappa shape index (κ1) is 16.1. The molecule has 0 saturated carbocycles. The number of anilines is 1. The fourth-order valence-electron chi connectivity index (χ4n) is 1.99. The molecule has 0 heterocycles. The highest BCUT2D eigenvalue weighted by atomic mass is 16.6. The number of Topliss-reactive ketones (excluding diaryl/α,β-unsaturated/α-hetero) is 1. The van der Waals surface area contributed by atoms with Gasteiger partial charge in [-0.15, -0.1) is 0 Å². The number of ketones is 1. The Kier molecular flexibility index (Phi) is 4.53. The van der Waals surface area contributed by atoms with E-state index in [9.17, 15) is 14.9 Å². The lowest BCUT2D eigenvalue weighted by molar-refractivity contribution is -0.385. The summed E-state index contributed by atoms with van der Waals surface area (Å²) in [5.41, 5.74) is 0.883. The van der Waals surface area contributed by atoms with Gasteiger partial charge >= 0.3 is 0 Å². The van der Waals surface area contributed by atoms with Crippen molar-refractivity contribution in [3.63, 3.8) is 0 Å². The summed E-state index contributed by atoms with van der Waals surface area (Å²) in [5, 5.41) is 10.9. The molecule has 20 heavy (non-hydrogen) atoms. The summed E-state index contributed by atoms with van der Waals surface area (Å²) in [4.78, 5) is 24.0. The van der Waals surface area contributed by atoms with Crippen LogP contribution in [0.25, 0.3) is 0 Å². The van der Waals surface area contributed by atoms with Crippen molar-refractivity contribution in [2.45, 2.75) is 40.7 Å². The van der Waals surface area contributed by atoms with Crippen LogP contribution in [0, 0.1) is 15.5 Å². The Labute approximate surface area is 119 Å². The number of nitro groups is 1. The Balaban J connectivity index is 3.25.